The molecule has 132 valence electrons. The normalized spacial score (nSPS) is 10.5. The van der Waals surface area contributed by atoms with Gasteiger partial charge < -0.3 is 9.84 Å². The number of carbonyl (C=O) groups excluding carboxylic acids is 1. The van der Waals surface area contributed by atoms with Crippen molar-refractivity contribution in [2.24, 2.45) is 0 Å². The van der Waals surface area contributed by atoms with Gasteiger partial charge in [0.1, 0.15) is 0 Å². The first-order valence-corrected chi connectivity index (χ1v) is 7.95. The van der Waals surface area contributed by atoms with Gasteiger partial charge in [-0.3, -0.25) is 14.9 Å². The molecule has 0 saturated carbocycles. The van der Waals surface area contributed by atoms with E-state index in [-0.39, 0.29) is 17.8 Å². The van der Waals surface area contributed by atoms with E-state index in [9.17, 15) is 14.9 Å². The van der Waals surface area contributed by atoms with Gasteiger partial charge in [0.25, 0.3) is 11.6 Å². The first-order valence-electron chi connectivity index (χ1n) is 7.95. The predicted octanol–water partition coefficient (Wildman–Crippen LogP) is 2.93. The van der Waals surface area contributed by atoms with Gasteiger partial charge in [-0.1, -0.05) is 41.1 Å². The van der Waals surface area contributed by atoms with Crippen molar-refractivity contribution >= 4 is 11.6 Å². The number of amides is 1. The molecule has 0 saturated heterocycles. The molecule has 3 aromatic rings. The Morgan fingerprint density at radius 2 is 2.00 bits per heavy atom. The number of aryl methyl sites for hydroxylation is 1. The SMILES string of the molecule is Cc1ccc(-c2noc(CCNC(=O)c3cccc([N+](=O)[O-])c3)n2)cc1. The van der Waals surface area contributed by atoms with Gasteiger partial charge in [-0.15, -0.1) is 0 Å². The number of nitrogens with zero attached hydrogens (tertiary/aromatic N) is 3. The van der Waals surface area contributed by atoms with Gasteiger partial charge >= 0.3 is 0 Å². The molecule has 26 heavy (non-hydrogen) atoms. The molecule has 0 aliphatic carbocycles. The summed E-state index contributed by atoms with van der Waals surface area (Å²) in [6.45, 7) is 2.27. The molecule has 1 aromatic heterocycles. The molecule has 0 spiro atoms. The van der Waals surface area contributed by atoms with Crippen LogP contribution in [0.3, 0.4) is 0 Å². The Bertz CT molecular complexity index is 934. The van der Waals surface area contributed by atoms with Crippen molar-refractivity contribution in [2.45, 2.75) is 13.3 Å². The molecule has 0 bridgehead atoms. The Kier molecular flexibility index (Phi) is 5.02. The number of non-ortho nitro benzene ring substituents is 1. The standard InChI is InChI=1S/C18H16N4O4/c1-12-5-7-13(8-6-12)17-20-16(26-21-17)9-10-19-18(23)14-3-2-4-15(11-14)22(24)25/h2-8,11H,9-10H2,1H3,(H,19,23). The molecular formula is C18H16N4O4. The summed E-state index contributed by atoms with van der Waals surface area (Å²) in [6, 6.07) is 13.3. The molecule has 0 aliphatic heterocycles. The predicted molar refractivity (Wildman–Crippen MR) is 93.6 cm³/mol. The zero-order chi connectivity index (χ0) is 18.5. The first kappa shape index (κ1) is 17.3. The van der Waals surface area contributed by atoms with Crippen LogP contribution in [0.5, 0.6) is 0 Å². The number of nitro benzene ring substituents is 1. The summed E-state index contributed by atoms with van der Waals surface area (Å²) >= 11 is 0. The number of benzene rings is 2. The van der Waals surface area contributed by atoms with Crippen LogP contribution < -0.4 is 5.32 Å². The number of carbonyl (C=O) groups is 1. The third kappa shape index (κ3) is 4.10. The van der Waals surface area contributed by atoms with Crippen molar-refractivity contribution in [2.75, 3.05) is 6.54 Å². The van der Waals surface area contributed by atoms with E-state index in [1.165, 1.54) is 24.3 Å². The second-order valence-electron chi connectivity index (χ2n) is 5.69. The van der Waals surface area contributed by atoms with Gasteiger partial charge in [0.2, 0.25) is 11.7 Å². The smallest absolute Gasteiger partial charge is 0.270 e. The summed E-state index contributed by atoms with van der Waals surface area (Å²) in [5.74, 6) is 0.497. The van der Waals surface area contributed by atoms with E-state index in [2.05, 4.69) is 15.5 Å². The largest absolute Gasteiger partial charge is 0.352 e. The minimum atomic E-state index is -0.540. The van der Waals surface area contributed by atoms with Gasteiger partial charge in [0.15, 0.2) is 0 Å². The summed E-state index contributed by atoms with van der Waals surface area (Å²) in [7, 11) is 0. The minimum absolute atomic E-state index is 0.128. The molecular weight excluding hydrogens is 336 g/mol. The van der Waals surface area contributed by atoms with Crippen LogP contribution in [0.1, 0.15) is 21.8 Å². The van der Waals surface area contributed by atoms with Gasteiger partial charge in [0.05, 0.1) is 4.92 Å². The molecule has 0 unspecified atom stereocenters. The van der Waals surface area contributed by atoms with Crippen molar-refractivity contribution in [1.29, 1.82) is 0 Å². The van der Waals surface area contributed by atoms with Gasteiger partial charge in [-0.2, -0.15) is 4.98 Å². The van der Waals surface area contributed by atoms with Crippen LogP contribution in [0.4, 0.5) is 5.69 Å². The highest BCUT2D eigenvalue weighted by molar-refractivity contribution is 5.94. The molecule has 0 aliphatic rings. The number of nitro groups is 1. The van der Waals surface area contributed by atoms with E-state index in [1.54, 1.807) is 0 Å². The van der Waals surface area contributed by atoms with Crippen molar-refractivity contribution in [1.82, 2.24) is 15.5 Å². The van der Waals surface area contributed by atoms with Gasteiger partial charge in [-0.05, 0) is 13.0 Å². The summed E-state index contributed by atoms with van der Waals surface area (Å²) < 4.78 is 5.19. The molecule has 0 radical (unpaired) electrons. The summed E-state index contributed by atoms with van der Waals surface area (Å²) in [4.78, 5) is 26.6. The van der Waals surface area contributed by atoms with Crippen LogP contribution in [-0.2, 0) is 6.42 Å². The topological polar surface area (TPSA) is 111 Å². The van der Waals surface area contributed by atoms with E-state index in [1.807, 2.05) is 31.2 Å². The van der Waals surface area contributed by atoms with Crippen molar-refractivity contribution in [3.05, 3.63) is 75.7 Å². The zero-order valence-electron chi connectivity index (χ0n) is 14.0. The maximum absolute atomic E-state index is 12.1. The summed E-state index contributed by atoms with van der Waals surface area (Å²) in [5.41, 5.74) is 2.09. The maximum Gasteiger partial charge on any atom is 0.270 e. The Labute approximate surface area is 149 Å². The quantitative estimate of drug-likeness (QED) is 0.539. The molecule has 3 rings (SSSR count). The fourth-order valence-corrected chi connectivity index (χ4v) is 2.32. The maximum atomic E-state index is 12.1. The Morgan fingerprint density at radius 1 is 1.23 bits per heavy atom. The Hall–Kier alpha value is -3.55. The second kappa shape index (κ2) is 7.56. The minimum Gasteiger partial charge on any atom is -0.352 e. The number of hydrogen-bond acceptors (Lipinski definition) is 6. The van der Waals surface area contributed by atoms with E-state index in [4.69, 9.17) is 4.52 Å². The van der Waals surface area contributed by atoms with Crippen LogP contribution in [-0.4, -0.2) is 27.5 Å². The van der Waals surface area contributed by atoms with Crippen LogP contribution in [0.15, 0.2) is 53.1 Å². The number of aromatic nitrogens is 2. The lowest BCUT2D eigenvalue weighted by Gasteiger charge is -2.03. The molecule has 1 amide bonds. The third-order valence-electron chi connectivity index (χ3n) is 3.72. The lowest BCUT2D eigenvalue weighted by molar-refractivity contribution is -0.384. The van der Waals surface area contributed by atoms with E-state index in [0.29, 0.717) is 18.1 Å². The van der Waals surface area contributed by atoms with E-state index < -0.39 is 10.8 Å². The molecule has 0 fully saturated rings. The van der Waals surface area contributed by atoms with Crippen LogP contribution in [0, 0.1) is 17.0 Å². The monoisotopic (exact) mass is 352 g/mol. The Morgan fingerprint density at radius 3 is 2.73 bits per heavy atom. The molecule has 1 heterocycles. The highest BCUT2D eigenvalue weighted by Gasteiger charge is 2.12. The molecule has 2 aromatic carbocycles. The highest BCUT2D eigenvalue weighted by atomic mass is 16.6. The van der Waals surface area contributed by atoms with Gasteiger partial charge in [-0.25, -0.2) is 0 Å². The molecule has 1 N–H and O–H groups in total. The van der Waals surface area contributed by atoms with Gasteiger partial charge in [0, 0.05) is 36.2 Å². The molecule has 8 heteroatoms. The van der Waals surface area contributed by atoms with Crippen molar-refractivity contribution in [3.63, 3.8) is 0 Å². The molecule has 0 atom stereocenters. The second-order valence-corrected chi connectivity index (χ2v) is 5.69. The third-order valence-corrected chi connectivity index (χ3v) is 3.72. The fraction of sp³-hybridized carbons (Fsp3) is 0.167. The first-order chi connectivity index (χ1) is 12.5. The average molecular weight is 352 g/mol. The fourth-order valence-electron chi connectivity index (χ4n) is 2.32. The lowest BCUT2D eigenvalue weighted by Crippen LogP contribution is -2.25. The van der Waals surface area contributed by atoms with Crippen molar-refractivity contribution < 1.29 is 14.2 Å². The van der Waals surface area contributed by atoms with Crippen LogP contribution in [0.2, 0.25) is 0 Å². The summed E-state index contributed by atoms with van der Waals surface area (Å²) in [6.07, 6.45) is 0.361. The average Bonchev–Trinajstić information content (AvgIpc) is 3.11. The Balaban J connectivity index is 1.57. The van der Waals surface area contributed by atoms with E-state index in [0.717, 1.165) is 11.1 Å². The summed E-state index contributed by atoms with van der Waals surface area (Å²) in [5, 5.41) is 17.4. The van der Waals surface area contributed by atoms with Crippen LogP contribution in [0.25, 0.3) is 11.4 Å². The number of nitrogens with one attached hydrogen (secondary N) is 1. The van der Waals surface area contributed by atoms with Crippen LogP contribution >= 0.6 is 0 Å². The lowest BCUT2D eigenvalue weighted by atomic mass is 10.1. The number of rotatable bonds is 6. The zero-order valence-corrected chi connectivity index (χ0v) is 14.0. The highest BCUT2D eigenvalue weighted by Crippen LogP contribution is 2.16. The number of hydrogen-bond donors (Lipinski definition) is 1. The van der Waals surface area contributed by atoms with Crippen molar-refractivity contribution in [3.8, 4) is 11.4 Å². The van der Waals surface area contributed by atoms with E-state index >= 15 is 0 Å². The molecule has 8 nitrogen and oxygen atoms in total.